The molecule has 2 amide bonds. The van der Waals surface area contributed by atoms with Crippen molar-refractivity contribution >= 4 is 34.2 Å². The molecule has 2 atom stereocenters. The van der Waals surface area contributed by atoms with Gasteiger partial charge in [0.15, 0.2) is 11.5 Å². The van der Waals surface area contributed by atoms with E-state index in [1.807, 2.05) is 61.4 Å². The summed E-state index contributed by atoms with van der Waals surface area (Å²) in [7, 11) is 0. The number of aryl methyl sites for hydroxylation is 1. The molecule has 16 heteroatoms. The molecule has 59 heavy (non-hydrogen) atoms. The number of amides is 2. The number of nitrogens with one attached hydrogen (secondary N) is 4. The van der Waals surface area contributed by atoms with Gasteiger partial charge in [-0.05, 0) is 99.7 Å². The average Bonchev–Trinajstić information content (AvgIpc) is 3.86. The van der Waals surface area contributed by atoms with Crippen LogP contribution in [0.25, 0.3) is 22.0 Å². The molecule has 4 N–H and O–H groups in total. The number of pyridine rings is 1. The highest BCUT2D eigenvalue weighted by Crippen LogP contribution is 2.42. The number of carbonyl (C=O) groups is 2. The van der Waals surface area contributed by atoms with Crippen LogP contribution in [0.1, 0.15) is 75.3 Å². The highest BCUT2D eigenvalue weighted by molar-refractivity contribution is 6.09. The van der Waals surface area contributed by atoms with Gasteiger partial charge in [0.1, 0.15) is 5.82 Å². The zero-order chi connectivity index (χ0) is 41.0. The fraction of sp³-hybridized carbons (Fsp3) is 0.419. The number of anilines is 2. The monoisotopic (exact) mass is 807 g/mol. The maximum atomic E-state index is 13.9. The lowest BCUT2D eigenvalue weighted by molar-refractivity contribution is -0.376. The molecule has 0 aliphatic carbocycles. The number of allylic oxidation sites excluding steroid dienone is 3. The van der Waals surface area contributed by atoms with Gasteiger partial charge in [0.25, 0.3) is 5.91 Å². The van der Waals surface area contributed by atoms with Gasteiger partial charge in [0.2, 0.25) is 17.9 Å². The SMILES string of the molecule is CC[C@H](C)n1cc(C)c2c(C(=O)NCC3=C(C)C=C(C)NO3)cc(-c3ccc(N4CCN(C(=O)CCCNc5cccc6c5ON(C5CCONO5)O6)CC4)nc3)cc21. The summed E-state index contributed by atoms with van der Waals surface area (Å²) in [6.45, 7) is 14.3. The molecule has 312 valence electrons. The standard InChI is InChI=1S/C43H53N9O7/c1-6-30(5)51-26-28(3)41-33(43(54)46-25-37-27(2)21-29(4)47-56-37)22-32(23-35(41)51)31-12-13-38(45-24-31)49-16-18-50(19-17-49)39(53)11-8-15-44-34-9-7-10-36-42(34)59-52(58-36)40-14-20-55-48-57-40/h7,9-10,12-13,21-24,26,30,40,44,47-48H,6,8,11,14-20,25H2,1-5H3,(H,46,54)/t30-,40?/m0/s1. The van der Waals surface area contributed by atoms with Crippen LogP contribution in [0.4, 0.5) is 11.5 Å². The van der Waals surface area contributed by atoms with Crippen molar-refractivity contribution in [2.24, 2.45) is 0 Å². The molecule has 2 aromatic carbocycles. The summed E-state index contributed by atoms with van der Waals surface area (Å²) in [5.41, 5.74) is 12.5. The van der Waals surface area contributed by atoms with Crippen molar-refractivity contribution in [3.05, 3.63) is 89.1 Å². The Kier molecular flexibility index (Phi) is 11.9. The molecule has 2 fully saturated rings. The molecule has 0 bridgehead atoms. The van der Waals surface area contributed by atoms with E-state index in [2.05, 4.69) is 70.3 Å². The highest BCUT2D eigenvalue weighted by Gasteiger charge is 2.35. The van der Waals surface area contributed by atoms with Crippen molar-refractivity contribution in [3.63, 3.8) is 0 Å². The number of fused-ring (bicyclic) bond motifs is 2. The van der Waals surface area contributed by atoms with Crippen molar-refractivity contribution in [2.75, 3.05) is 56.1 Å². The van der Waals surface area contributed by atoms with Gasteiger partial charge in [-0.3, -0.25) is 19.3 Å². The number of aromatic nitrogens is 2. The molecule has 8 rings (SSSR count). The fourth-order valence-electron chi connectivity index (χ4n) is 7.78. The van der Waals surface area contributed by atoms with Gasteiger partial charge in [-0.25, -0.2) is 10.5 Å². The van der Waals surface area contributed by atoms with Crippen LogP contribution in [0.3, 0.4) is 0 Å². The lowest BCUT2D eigenvalue weighted by Crippen LogP contribution is -2.49. The van der Waals surface area contributed by atoms with Crippen LogP contribution >= 0.6 is 0 Å². The Morgan fingerprint density at radius 2 is 1.88 bits per heavy atom. The highest BCUT2D eigenvalue weighted by atomic mass is 17.0. The van der Waals surface area contributed by atoms with Crippen molar-refractivity contribution in [1.82, 2.24) is 36.1 Å². The first kappa shape index (κ1) is 40.0. The van der Waals surface area contributed by atoms with Gasteiger partial charge in [-0.15, -0.1) is 0 Å². The molecule has 4 aromatic rings. The zero-order valence-electron chi connectivity index (χ0n) is 34.3. The molecule has 1 unspecified atom stereocenters. The maximum absolute atomic E-state index is 13.9. The third kappa shape index (κ3) is 8.66. The number of para-hydroxylation sites is 1. The van der Waals surface area contributed by atoms with Gasteiger partial charge in [0, 0.05) is 91.7 Å². The lowest BCUT2D eigenvalue weighted by Gasteiger charge is -2.35. The van der Waals surface area contributed by atoms with Gasteiger partial charge in [0.05, 0.1) is 24.1 Å². The maximum Gasteiger partial charge on any atom is 0.252 e. The van der Waals surface area contributed by atoms with Crippen LogP contribution in [0.2, 0.25) is 0 Å². The number of rotatable bonds is 13. The van der Waals surface area contributed by atoms with Crippen molar-refractivity contribution in [1.29, 1.82) is 0 Å². The number of hydrogen-bond donors (Lipinski definition) is 4. The molecule has 0 saturated carbocycles. The molecule has 6 heterocycles. The van der Waals surface area contributed by atoms with E-state index in [-0.39, 0.29) is 24.4 Å². The van der Waals surface area contributed by atoms with E-state index in [9.17, 15) is 9.59 Å². The Morgan fingerprint density at radius 3 is 2.63 bits per heavy atom. The largest absolute Gasteiger partial charge is 0.385 e. The topological polar surface area (TPSA) is 156 Å². The summed E-state index contributed by atoms with van der Waals surface area (Å²) in [5, 5.41) is 8.74. The van der Waals surface area contributed by atoms with E-state index in [4.69, 9.17) is 29.2 Å². The van der Waals surface area contributed by atoms with E-state index in [1.165, 1.54) is 5.23 Å². The van der Waals surface area contributed by atoms with Crippen LogP contribution in [-0.4, -0.2) is 83.6 Å². The molecular formula is C43H53N9O7. The second-order valence-corrected chi connectivity index (χ2v) is 15.4. The number of benzene rings is 2. The van der Waals surface area contributed by atoms with E-state index < -0.39 is 6.23 Å². The number of hydrogen-bond acceptors (Lipinski definition) is 13. The minimum atomic E-state index is -0.457. The van der Waals surface area contributed by atoms with E-state index in [1.54, 1.807) is 0 Å². The van der Waals surface area contributed by atoms with Crippen molar-refractivity contribution in [3.8, 4) is 22.6 Å². The van der Waals surface area contributed by atoms with Crippen LogP contribution in [0.15, 0.2) is 78.0 Å². The predicted octanol–water partition coefficient (Wildman–Crippen LogP) is 6.05. The molecule has 2 aromatic heterocycles. The summed E-state index contributed by atoms with van der Waals surface area (Å²) in [6.07, 6.45) is 8.20. The Hall–Kier alpha value is -5.81. The first-order valence-electron chi connectivity index (χ1n) is 20.4. The summed E-state index contributed by atoms with van der Waals surface area (Å²) >= 11 is 0. The molecular weight excluding hydrogens is 755 g/mol. The Bertz CT molecular complexity index is 2240. The minimum Gasteiger partial charge on any atom is -0.385 e. The van der Waals surface area contributed by atoms with Crippen molar-refractivity contribution < 1.29 is 33.8 Å². The van der Waals surface area contributed by atoms with Gasteiger partial charge >= 0.3 is 0 Å². The number of nitrogens with zero attached hydrogens (tertiary/aromatic N) is 5. The first-order chi connectivity index (χ1) is 28.7. The minimum absolute atomic E-state index is 0.136. The molecule has 16 nitrogen and oxygen atoms in total. The zero-order valence-corrected chi connectivity index (χ0v) is 34.3. The van der Waals surface area contributed by atoms with E-state index in [0.717, 1.165) is 56.8 Å². The van der Waals surface area contributed by atoms with Gasteiger partial charge in [-0.2, -0.15) is 0 Å². The molecule has 4 aliphatic heterocycles. The summed E-state index contributed by atoms with van der Waals surface area (Å²) in [4.78, 5) is 63.9. The van der Waals surface area contributed by atoms with Crippen LogP contribution in [0.5, 0.6) is 11.5 Å². The van der Waals surface area contributed by atoms with E-state index >= 15 is 0 Å². The summed E-state index contributed by atoms with van der Waals surface area (Å²) in [6, 6.07) is 14.1. The normalized spacial score (nSPS) is 18.7. The smallest absolute Gasteiger partial charge is 0.252 e. The number of hydroxylamine groups is 3. The predicted molar refractivity (Wildman–Crippen MR) is 223 cm³/mol. The number of piperazine rings is 1. The summed E-state index contributed by atoms with van der Waals surface area (Å²) < 4.78 is 2.27. The first-order valence-corrected chi connectivity index (χ1v) is 20.4. The van der Waals surface area contributed by atoms with Crippen LogP contribution < -0.4 is 36.3 Å². The fourth-order valence-corrected chi connectivity index (χ4v) is 7.78. The van der Waals surface area contributed by atoms with E-state index in [0.29, 0.717) is 81.4 Å². The summed E-state index contributed by atoms with van der Waals surface area (Å²) in [5.74, 6) is 2.67. The third-order valence-corrected chi connectivity index (χ3v) is 11.3. The second kappa shape index (κ2) is 17.6. The Labute approximate surface area is 343 Å². The molecule has 0 radical (unpaired) electrons. The van der Waals surface area contributed by atoms with Gasteiger partial charge < -0.3 is 39.5 Å². The van der Waals surface area contributed by atoms with Gasteiger partial charge in [-0.1, -0.05) is 18.6 Å². The molecule has 0 spiro atoms. The lowest BCUT2D eigenvalue weighted by atomic mass is 9.98. The number of carbonyl (C=O) groups excluding carboxylic acids is 2. The van der Waals surface area contributed by atoms with Crippen LogP contribution in [0, 0.1) is 6.92 Å². The third-order valence-electron chi connectivity index (χ3n) is 11.3. The molecule has 2 saturated heterocycles. The average molecular weight is 808 g/mol. The van der Waals surface area contributed by atoms with Crippen LogP contribution in [-0.2, 0) is 19.3 Å². The Balaban J connectivity index is 0.870. The Morgan fingerprint density at radius 1 is 1.03 bits per heavy atom. The second-order valence-electron chi connectivity index (χ2n) is 15.4. The quantitative estimate of drug-likeness (QED) is 0.116. The van der Waals surface area contributed by atoms with Crippen molar-refractivity contribution in [2.45, 2.75) is 72.6 Å². The molecule has 4 aliphatic rings.